The minimum Gasteiger partial charge on any atom is -0.444 e. The lowest BCUT2D eigenvalue weighted by Gasteiger charge is -2.48. The molecular weight excluding hydrogens is 352 g/mol. The average molecular weight is 380 g/mol. The van der Waals surface area contributed by atoms with E-state index in [4.69, 9.17) is 4.74 Å². The summed E-state index contributed by atoms with van der Waals surface area (Å²) in [6.45, 7) is 5.68. The monoisotopic (exact) mass is 380 g/mol. The largest absolute Gasteiger partial charge is 0.444 e. The van der Waals surface area contributed by atoms with Crippen molar-refractivity contribution in [1.29, 1.82) is 0 Å². The van der Waals surface area contributed by atoms with Crippen LogP contribution in [0.5, 0.6) is 0 Å². The maximum Gasteiger partial charge on any atom is 0.410 e. The fraction of sp³-hybridized carbons (Fsp3) is 0.522. The van der Waals surface area contributed by atoms with Crippen molar-refractivity contribution in [3.05, 3.63) is 42.1 Å². The highest BCUT2D eigenvalue weighted by Gasteiger charge is 2.44. The first kappa shape index (κ1) is 18.9. The predicted octanol–water partition coefficient (Wildman–Crippen LogP) is 4.99. The molecule has 4 rings (SSSR count). The van der Waals surface area contributed by atoms with Gasteiger partial charge >= 0.3 is 6.09 Å². The summed E-state index contributed by atoms with van der Waals surface area (Å²) in [6, 6.07) is 9.85. The van der Waals surface area contributed by atoms with Crippen LogP contribution >= 0.6 is 0 Å². The number of rotatable bonds is 2. The molecule has 2 aliphatic heterocycles. The van der Waals surface area contributed by atoms with Crippen LogP contribution in [-0.4, -0.2) is 39.4 Å². The van der Waals surface area contributed by atoms with Gasteiger partial charge in [0.15, 0.2) is 5.78 Å². The van der Waals surface area contributed by atoms with Crippen molar-refractivity contribution >= 4 is 22.8 Å². The number of piperidine rings is 2. The zero-order valence-corrected chi connectivity index (χ0v) is 16.9. The van der Waals surface area contributed by atoms with Crippen molar-refractivity contribution in [3.8, 4) is 0 Å². The van der Waals surface area contributed by atoms with Crippen LogP contribution in [0.2, 0.25) is 0 Å². The number of hydrogen-bond acceptors (Lipinski definition) is 4. The number of carbonyl (C=O) groups is 2. The van der Waals surface area contributed by atoms with Gasteiger partial charge in [-0.3, -0.25) is 9.78 Å². The summed E-state index contributed by atoms with van der Waals surface area (Å²) in [5.41, 5.74) is 1.07. The van der Waals surface area contributed by atoms with Crippen LogP contribution in [0.3, 0.4) is 0 Å². The number of hydrogen-bond donors (Lipinski definition) is 0. The summed E-state index contributed by atoms with van der Waals surface area (Å²) in [5.74, 6) is 0.128. The molecule has 0 aliphatic carbocycles. The van der Waals surface area contributed by atoms with Crippen LogP contribution in [0.1, 0.15) is 63.2 Å². The Labute approximate surface area is 166 Å². The number of aromatic nitrogens is 1. The molecule has 28 heavy (non-hydrogen) atoms. The summed E-state index contributed by atoms with van der Waals surface area (Å²) < 4.78 is 5.64. The minimum absolute atomic E-state index is 0.0462. The number of ether oxygens (including phenoxy) is 1. The van der Waals surface area contributed by atoms with Gasteiger partial charge in [0.25, 0.3) is 0 Å². The molecule has 0 saturated carbocycles. The van der Waals surface area contributed by atoms with E-state index in [1.54, 1.807) is 6.20 Å². The van der Waals surface area contributed by atoms with Crippen molar-refractivity contribution in [2.75, 3.05) is 0 Å². The molecule has 2 aromatic rings. The van der Waals surface area contributed by atoms with E-state index in [1.165, 1.54) is 0 Å². The second-order valence-corrected chi connectivity index (χ2v) is 9.07. The topological polar surface area (TPSA) is 59.5 Å². The van der Waals surface area contributed by atoms with Gasteiger partial charge in [0.05, 0.1) is 5.52 Å². The highest BCUT2D eigenvalue weighted by molar-refractivity contribution is 6.00. The van der Waals surface area contributed by atoms with Crippen molar-refractivity contribution in [3.63, 3.8) is 0 Å². The Balaban J connectivity index is 1.53. The second kappa shape index (κ2) is 7.19. The molecule has 1 amide bonds. The Morgan fingerprint density at radius 1 is 1.11 bits per heavy atom. The molecule has 0 radical (unpaired) electrons. The lowest BCUT2D eigenvalue weighted by molar-refractivity contribution is -0.0260. The Kier molecular flexibility index (Phi) is 4.86. The van der Waals surface area contributed by atoms with E-state index >= 15 is 0 Å². The Morgan fingerprint density at radius 3 is 2.50 bits per heavy atom. The van der Waals surface area contributed by atoms with E-state index in [1.807, 2.05) is 56.0 Å². The van der Waals surface area contributed by atoms with Gasteiger partial charge in [0.1, 0.15) is 5.60 Å². The molecule has 2 saturated heterocycles. The number of Topliss-reactive ketones (excluding diaryl/α,β-unsaturated/α-hetero) is 1. The molecule has 1 aromatic heterocycles. The molecule has 0 spiro atoms. The van der Waals surface area contributed by atoms with E-state index in [-0.39, 0.29) is 29.9 Å². The highest BCUT2D eigenvalue weighted by atomic mass is 16.6. The third-order valence-corrected chi connectivity index (χ3v) is 5.84. The molecule has 2 unspecified atom stereocenters. The Morgan fingerprint density at radius 2 is 1.82 bits per heavy atom. The van der Waals surface area contributed by atoms with Crippen LogP contribution in [0, 0.1) is 5.92 Å². The number of carbonyl (C=O) groups excluding carboxylic acids is 2. The van der Waals surface area contributed by atoms with Gasteiger partial charge in [0.2, 0.25) is 0 Å². The third-order valence-electron chi connectivity index (χ3n) is 5.84. The van der Waals surface area contributed by atoms with Crippen molar-refractivity contribution in [1.82, 2.24) is 9.88 Å². The summed E-state index contributed by atoms with van der Waals surface area (Å²) >= 11 is 0. The number of pyridine rings is 1. The molecule has 2 aliphatic rings. The van der Waals surface area contributed by atoms with Crippen molar-refractivity contribution in [2.45, 2.75) is 70.6 Å². The van der Waals surface area contributed by atoms with Gasteiger partial charge in [-0.15, -0.1) is 0 Å². The van der Waals surface area contributed by atoms with Crippen LogP contribution in [-0.2, 0) is 4.74 Å². The van der Waals surface area contributed by atoms with E-state index in [9.17, 15) is 9.59 Å². The van der Waals surface area contributed by atoms with Gasteiger partial charge in [-0.1, -0.05) is 18.2 Å². The average Bonchev–Trinajstić information content (AvgIpc) is 2.64. The molecule has 2 bridgehead atoms. The summed E-state index contributed by atoms with van der Waals surface area (Å²) in [6.07, 6.45) is 5.94. The molecule has 5 heteroatoms. The lowest BCUT2D eigenvalue weighted by Crippen LogP contribution is -2.56. The Hall–Kier alpha value is -2.43. The molecule has 1 aromatic carbocycles. The molecule has 5 nitrogen and oxygen atoms in total. The van der Waals surface area contributed by atoms with Crippen molar-refractivity contribution < 1.29 is 14.3 Å². The van der Waals surface area contributed by atoms with Crippen LogP contribution in [0.4, 0.5) is 4.79 Å². The molecule has 2 atom stereocenters. The van der Waals surface area contributed by atoms with E-state index < -0.39 is 5.60 Å². The summed E-state index contributed by atoms with van der Waals surface area (Å²) in [4.78, 5) is 32.2. The summed E-state index contributed by atoms with van der Waals surface area (Å²) in [5, 5.41) is 1.04. The molecule has 2 fully saturated rings. The number of ketones is 1. The molecule has 0 N–H and O–H groups in total. The van der Waals surface area contributed by atoms with Gasteiger partial charge in [0, 0.05) is 35.1 Å². The van der Waals surface area contributed by atoms with Gasteiger partial charge in [-0.2, -0.15) is 0 Å². The number of benzene rings is 1. The van der Waals surface area contributed by atoms with Gasteiger partial charge in [-0.05, 0) is 65.0 Å². The third kappa shape index (κ3) is 3.75. The minimum atomic E-state index is -0.504. The fourth-order valence-electron chi connectivity index (χ4n) is 4.66. The normalized spacial score (nSPS) is 24.8. The first-order chi connectivity index (χ1) is 13.3. The van der Waals surface area contributed by atoms with Crippen LogP contribution in [0.25, 0.3) is 10.9 Å². The standard InChI is InChI=1S/C23H28N2O3/c1-23(2,3)28-22(27)25-18-7-4-8-19(25)13-17(12-18)21(26)16-10-9-15-6-5-11-24-20(15)14-16/h5-6,9-11,14,17-19H,4,7-8,12-13H2,1-3H3. The smallest absolute Gasteiger partial charge is 0.410 e. The maximum atomic E-state index is 13.2. The Bertz CT molecular complexity index is 888. The zero-order valence-electron chi connectivity index (χ0n) is 16.9. The maximum absolute atomic E-state index is 13.2. The molecule has 3 heterocycles. The first-order valence-electron chi connectivity index (χ1n) is 10.2. The second-order valence-electron chi connectivity index (χ2n) is 9.07. The van der Waals surface area contributed by atoms with Crippen LogP contribution < -0.4 is 0 Å². The zero-order chi connectivity index (χ0) is 19.9. The quantitative estimate of drug-likeness (QED) is 0.689. The number of fused-ring (bicyclic) bond motifs is 3. The molecular formula is C23H28N2O3. The highest BCUT2D eigenvalue weighted by Crippen LogP contribution is 2.39. The molecule has 148 valence electrons. The van der Waals surface area contributed by atoms with E-state index in [0.717, 1.165) is 48.6 Å². The van der Waals surface area contributed by atoms with Gasteiger partial charge in [-0.25, -0.2) is 4.79 Å². The van der Waals surface area contributed by atoms with Crippen molar-refractivity contribution in [2.24, 2.45) is 5.92 Å². The number of nitrogens with zero attached hydrogens (tertiary/aromatic N) is 2. The van der Waals surface area contributed by atoms with Crippen LogP contribution in [0.15, 0.2) is 36.5 Å². The summed E-state index contributed by atoms with van der Waals surface area (Å²) in [7, 11) is 0. The number of amides is 1. The van der Waals surface area contributed by atoms with E-state index in [2.05, 4.69) is 4.98 Å². The lowest BCUT2D eigenvalue weighted by atomic mass is 9.76. The first-order valence-corrected chi connectivity index (χ1v) is 10.2. The SMILES string of the molecule is CC(C)(C)OC(=O)N1C2CCCC1CC(C(=O)c1ccc3cccnc3c1)C2. The van der Waals surface area contributed by atoms with Gasteiger partial charge < -0.3 is 9.64 Å². The predicted molar refractivity (Wildman–Crippen MR) is 108 cm³/mol. The van der Waals surface area contributed by atoms with E-state index in [0.29, 0.717) is 0 Å². The fourth-order valence-corrected chi connectivity index (χ4v) is 4.66.